The van der Waals surface area contributed by atoms with Gasteiger partial charge in [-0.15, -0.1) is 0 Å². The summed E-state index contributed by atoms with van der Waals surface area (Å²) < 4.78 is 20.0. The van der Waals surface area contributed by atoms with Crippen LogP contribution in [0.3, 0.4) is 0 Å². The van der Waals surface area contributed by atoms with E-state index in [1.807, 2.05) is 0 Å². The predicted molar refractivity (Wildman–Crippen MR) is 61.1 cm³/mol. The number of hydrogen-bond donors (Lipinski definition) is 1. The van der Waals surface area contributed by atoms with Gasteiger partial charge in [0.15, 0.2) is 11.6 Å². The molecule has 0 aliphatic carbocycles. The number of ether oxygens (including phenoxy) is 1. The van der Waals surface area contributed by atoms with E-state index in [1.165, 1.54) is 23.8 Å². The lowest BCUT2D eigenvalue weighted by atomic mass is 10.1. The summed E-state index contributed by atoms with van der Waals surface area (Å²) in [5.74, 6) is -1.42. The van der Waals surface area contributed by atoms with E-state index in [1.54, 1.807) is 14.0 Å². The second-order valence-corrected chi connectivity index (χ2v) is 3.84. The number of benzene rings is 1. The first kappa shape index (κ1) is 11.4. The van der Waals surface area contributed by atoms with E-state index in [2.05, 4.69) is 0 Å². The Balaban J connectivity index is 2.88. The Hall–Kier alpha value is -2.04. The Kier molecular flexibility index (Phi) is 2.53. The number of carboxylic acid groups (broad SMARTS) is 1. The zero-order valence-electron chi connectivity index (χ0n) is 9.74. The van der Waals surface area contributed by atoms with Crippen LogP contribution in [-0.4, -0.2) is 22.8 Å². The lowest BCUT2D eigenvalue weighted by Gasteiger charge is -2.03. The van der Waals surface area contributed by atoms with Crippen LogP contribution in [0.4, 0.5) is 4.39 Å². The molecular weight excluding hydrogens is 225 g/mol. The minimum absolute atomic E-state index is 0.107. The van der Waals surface area contributed by atoms with Crippen molar-refractivity contribution >= 4 is 16.9 Å². The van der Waals surface area contributed by atoms with Crippen molar-refractivity contribution in [1.29, 1.82) is 0 Å². The topological polar surface area (TPSA) is 51.5 Å². The van der Waals surface area contributed by atoms with Gasteiger partial charge in [-0.1, -0.05) is 0 Å². The molecule has 0 saturated heterocycles. The highest BCUT2D eigenvalue weighted by Crippen LogP contribution is 2.30. The van der Waals surface area contributed by atoms with Gasteiger partial charge in [-0.05, 0) is 18.6 Å². The SMILES string of the molecule is COc1cc2c(cc1F)c(C)c(C(=O)O)n2C. The molecule has 0 unspecified atom stereocenters. The number of aromatic carboxylic acids is 1. The molecule has 0 radical (unpaired) electrons. The van der Waals surface area contributed by atoms with Crippen LogP contribution < -0.4 is 4.74 Å². The average Bonchev–Trinajstić information content (AvgIpc) is 2.50. The summed E-state index contributed by atoms with van der Waals surface area (Å²) in [6, 6.07) is 2.81. The number of carbonyl (C=O) groups is 1. The molecule has 2 aromatic rings. The first-order valence-corrected chi connectivity index (χ1v) is 5.03. The Morgan fingerprint density at radius 1 is 1.47 bits per heavy atom. The highest BCUT2D eigenvalue weighted by molar-refractivity contribution is 5.98. The first-order valence-electron chi connectivity index (χ1n) is 5.03. The number of nitrogens with zero attached hydrogens (tertiary/aromatic N) is 1. The van der Waals surface area contributed by atoms with Crippen LogP contribution in [0.5, 0.6) is 5.75 Å². The summed E-state index contributed by atoms with van der Waals surface area (Å²) in [6.07, 6.45) is 0. The molecule has 1 heterocycles. The maximum Gasteiger partial charge on any atom is 0.352 e. The third-order valence-electron chi connectivity index (χ3n) is 2.93. The van der Waals surface area contributed by atoms with Crippen molar-refractivity contribution in [3.05, 3.63) is 29.2 Å². The third-order valence-corrected chi connectivity index (χ3v) is 2.93. The molecule has 17 heavy (non-hydrogen) atoms. The fourth-order valence-corrected chi connectivity index (χ4v) is 2.08. The van der Waals surface area contributed by atoms with Crippen LogP contribution >= 0.6 is 0 Å². The normalized spacial score (nSPS) is 10.8. The van der Waals surface area contributed by atoms with Gasteiger partial charge in [-0.3, -0.25) is 0 Å². The number of aromatic nitrogens is 1. The van der Waals surface area contributed by atoms with E-state index in [0.717, 1.165) is 0 Å². The Bertz CT molecular complexity index is 616. The molecular formula is C12H12FNO3. The standard InChI is InChI=1S/C12H12FNO3/c1-6-7-4-8(13)10(17-3)5-9(7)14(2)11(6)12(15)16/h4-5H,1-3H3,(H,15,16). The minimum atomic E-state index is -1.03. The summed E-state index contributed by atoms with van der Waals surface area (Å²) in [6.45, 7) is 1.66. The van der Waals surface area contributed by atoms with E-state index in [-0.39, 0.29) is 11.4 Å². The summed E-state index contributed by atoms with van der Waals surface area (Å²) in [5.41, 5.74) is 1.35. The maximum absolute atomic E-state index is 13.6. The van der Waals surface area contributed by atoms with Crippen molar-refractivity contribution in [2.75, 3.05) is 7.11 Å². The lowest BCUT2D eigenvalue weighted by molar-refractivity contribution is 0.0686. The number of hydrogen-bond acceptors (Lipinski definition) is 2. The Labute approximate surface area is 97.2 Å². The van der Waals surface area contributed by atoms with Crippen molar-refractivity contribution < 1.29 is 19.0 Å². The van der Waals surface area contributed by atoms with Crippen molar-refractivity contribution in [2.45, 2.75) is 6.92 Å². The molecule has 5 heteroatoms. The number of carboxylic acids is 1. The van der Waals surface area contributed by atoms with E-state index < -0.39 is 11.8 Å². The molecule has 90 valence electrons. The van der Waals surface area contributed by atoms with Crippen molar-refractivity contribution in [2.24, 2.45) is 7.05 Å². The fraction of sp³-hybridized carbons (Fsp3) is 0.250. The van der Waals surface area contributed by atoms with E-state index >= 15 is 0 Å². The molecule has 0 spiro atoms. The summed E-state index contributed by atoms with van der Waals surface area (Å²) in [4.78, 5) is 11.1. The quantitative estimate of drug-likeness (QED) is 0.872. The van der Waals surface area contributed by atoms with E-state index in [4.69, 9.17) is 9.84 Å². The van der Waals surface area contributed by atoms with Crippen LogP contribution in [0.2, 0.25) is 0 Å². The molecule has 1 aromatic heterocycles. The van der Waals surface area contributed by atoms with Crippen LogP contribution in [0, 0.1) is 12.7 Å². The predicted octanol–water partition coefficient (Wildman–Crippen LogP) is 2.33. The smallest absolute Gasteiger partial charge is 0.352 e. The van der Waals surface area contributed by atoms with Crippen molar-refractivity contribution in [3.63, 3.8) is 0 Å². The monoisotopic (exact) mass is 237 g/mol. The van der Waals surface area contributed by atoms with Gasteiger partial charge in [-0.2, -0.15) is 0 Å². The third kappa shape index (κ3) is 1.54. The zero-order valence-corrected chi connectivity index (χ0v) is 9.74. The minimum Gasteiger partial charge on any atom is -0.494 e. The van der Waals surface area contributed by atoms with E-state index in [0.29, 0.717) is 16.5 Å². The number of methoxy groups -OCH3 is 1. The Morgan fingerprint density at radius 3 is 2.65 bits per heavy atom. The lowest BCUT2D eigenvalue weighted by Crippen LogP contribution is -2.05. The molecule has 2 rings (SSSR count). The number of aryl methyl sites for hydroxylation is 2. The number of rotatable bonds is 2. The van der Waals surface area contributed by atoms with Crippen LogP contribution in [0.15, 0.2) is 12.1 Å². The van der Waals surface area contributed by atoms with Crippen molar-refractivity contribution in [1.82, 2.24) is 4.57 Å². The summed E-state index contributed by atoms with van der Waals surface area (Å²) >= 11 is 0. The fourth-order valence-electron chi connectivity index (χ4n) is 2.08. The second kappa shape index (κ2) is 3.76. The molecule has 0 aliphatic rings. The summed E-state index contributed by atoms with van der Waals surface area (Å²) in [5, 5.41) is 9.68. The first-order chi connectivity index (χ1) is 7.97. The second-order valence-electron chi connectivity index (χ2n) is 3.84. The molecule has 0 saturated carbocycles. The zero-order chi connectivity index (χ0) is 12.7. The van der Waals surface area contributed by atoms with Gasteiger partial charge in [0.2, 0.25) is 0 Å². The summed E-state index contributed by atoms with van der Waals surface area (Å²) in [7, 11) is 3.01. The molecule has 0 amide bonds. The van der Waals surface area contributed by atoms with Gasteiger partial charge < -0.3 is 14.4 Å². The van der Waals surface area contributed by atoms with Gasteiger partial charge >= 0.3 is 5.97 Å². The molecule has 0 fully saturated rings. The highest BCUT2D eigenvalue weighted by atomic mass is 19.1. The largest absolute Gasteiger partial charge is 0.494 e. The highest BCUT2D eigenvalue weighted by Gasteiger charge is 2.19. The van der Waals surface area contributed by atoms with Crippen molar-refractivity contribution in [3.8, 4) is 5.75 Å². The molecule has 1 N–H and O–H groups in total. The van der Waals surface area contributed by atoms with Crippen LogP contribution in [-0.2, 0) is 7.05 Å². The molecule has 4 nitrogen and oxygen atoms in total. The molecule has 0 bridgehead atoms. The molecule has 1 aromatic carbocycles. The van der Waals surface area contributed by atoms with Gasteiger partial charge in [-0.25, -0.2) is 9.18 Å². The van der Waals surface area contributed by atoms with Gasteiger partial charge in [0.1, 0.15) is 5.69 Å². The Morgan fingerprint density at radius 2 is 2.12 bits per heavy atom. The maximum atomic E-state index is 13.6. The van der Waals surface area contributed by atoms with Gasteiger partial charge in [0, 0.05) is 18.5 Å². The van der Waals surface area contributed by atoms with Crippen LogP contribution in [0.25, 0.3) is 10.9 Å². The average molecular weight is 237 g/mol. The van der Waals surface area contributed by atoms with Gasteiger partial charge in [0.05, 0.1) is 12.6 Å². The molecule has 0 aliphatic heterocycles. The molecule has 0 atom stereocenters. The van der Waals surface area contributed by atoms with Gasteiger partial charge in [0.25, 0.3) is 0 Å². The number of halogens is 1. The van der Waals surface area contributed by atoms with E-state index in [9.17, 15) is 9.18 Å². The number of fused-ring (bicyclic) bond motifs is 1. The van der Waals surface area contributed by atoms with Crippen LogP contribution in [0.1, 0.15) is 16.1 Å².